The van der Waals surface area contributed by atoms with Crippen molar-refractivity contribution in [2.45, 2.75) is 25.4 Å². The first-order valence-corrected chi connectivity index (χ1v) is 11.1. The van der Waals surface area contributed by atoms with Crippen molar-refractivity contribution in [3.63, 3.8) is 0 Å². The van der Waals surface area contributed by atoms with Crippen molar-refractivity contribution in [2.24, 2.45) is 7.05 Å². The van der Waals surface area contributed by atoms with Crippen LogP contribution in [0.4, 0.5) is 5.00 Å². The molecular formula is C18H20N4O3S3. The number of amides is 1. The number of carbonyl (C=O) groups is 2. The predicted molar refractivity (Wildman–Crippen MR) is 113 cm³/mol. The monoisotopic (exact) mass is 436 g/mol. The summed E-state index contributed by atoms with van der Waals surface area (Å²) in [5.74, 6) is 0.361. The van der Waals surface area contributed by atoms with E-state index in [1.54, 1.807) is 11.3 Å². The number of nitrogens with zero attached hydrogens (tertiary/aromatic N) is 3. The molecule has 3 heterocycles. The summed E-state index contributed by atoms with van der Waals surface area (Å²) in [5, 5.41) is 14.4. The molecule has 3 aromatic rings. The Balaban J connectivity index is 1.63. The molecule has 28 heavy (non-hydrogen) atoms. The Kier molecular flexibility index (Phi) is 6.53. The van der Waals surface area contributed by atoms with E-state index in [1.165, 1.54) is 35.1 Å². The third-order valence-corrected chi connectivity index (χ3v) is 7.22. The minimum atomic E-state index is -0.448. The highest BCUT2D eigenvalue weighted by atomic mass is 32.2. The van der Waals surface area contributed by atoms with Crippen LogP contribution in [0.1, 0.15) is 31.5 Å². The molecule has 1 amide bonds. The molecule has 0 radical (unpaired) electrons. The van der Waals surface area contributed by atoms with Crippen molar-refractivity contribution in [3.05, 3.63) is 44.2 Å². The number of hydrogen-bond donors (Lipinski definition) is 1. The van der Waals surface area contributed by atoms with E-state index in [1.807, 2.05) is 36.9 Å². The van der Waals surface area contributed by atoms with E-state index >= 15 is 0 Å². The molecule has 0 unspecified atom stereocenters. The molecular weight excluding hydrogens is 416 g/mol. The number of anilines is 1. The van der Waals surface area contributed by atoms with Crippen LogP contribution in [0, 0.1) is 13.8 Å². The highest BCUT2D eigenvalue weighted by Crippen LogP contribution is 2.33. The summed E-state index contributed by atoms with van der Waals surface area (Å²) in [6, 6.07) is 4.07. The first kappa shape index (κ1) is 20.6. The van der Waals surface area contributed by atoms with Gasteiger partial charge in [-0.2, -0.15) is 0 Å². The fourth-order valence-electron chi connectivity index (χ4n) is 2.55. The number of thioether (sulfide) groups is 1. The van der Waals surface area contributed by atoms with Gasteiger partial charge in [0.15, 0.2) is 5.16 Å². The third kappa shape index (κ3) is 4.45. The minimum absolute atomic E-state index is 0.168. The number of ether oxygens (including phenoxy) is 1. The van der Waals surface area contributed by atoms with Gasteiger partial charge in [0, 0.05) is 23.2 Å². The van der Waals surface area contributed by atoms with Gasteiger partial charge in [-0.05, 0) is 30.9 Å². The summed E-state index contributed by atoms with van der Waals surface area (Å²) in [6.07, 6.45) is 0.712. The van der Waals surface area contributed by atoms with E-state index in [2.05, 4.69) is 21.6 Å². The summed E-state index contributed by atoms with van der Waals surface area (Å²) >= 11 is 4.35. The predicted octanol–water partition coefficient (Wildman–Crippen LogP) is 3.66. The van der Waals surface area contributed by atoms with Crippen molar-refractivity contribution in [1.82, 2.24) is 14.8 Å². The van der Waals surface area contributed by atoms with Crippen LogP contribution in [0.3, 0.4) is 0 Å². The van der Waals surface area contributed by atoms with Gasteiger partial charge < -0.3 is 14.6 Å². The van der Waals surface area contributed by atoms with E-state index < -0.39 is 5.97 Å². The Hall–Kier alpha value is -2.17. The molecule has 148 valence electrons. The maximum Gasteiger partial charge on any atom is 0.341 e. The third-order valence-electron chi connectivity index (χ3n) is 4.20. The number of rotatable bonds is 7. The van der Waals surface area contributed by atoms with E-state index in [4.69, 9.17) is 4.74 Å². The zero-order valence-electron chi connectivity index (χ0n) is 15.9. The van der Waals surface area contributed by atoms with Gasteiger partial charge in [-0.25, -0.2) is 4.79 Å². The van der Waals surface area contributed by atoms with Gasteiger partial charge in [-0.1, -0.05) is 17.8 Å². The number of methoxy groups -OCH3 is 1. The van der Waals surface area contributed by atoms with Crippen LogP contribution in [-0.4, -0.2) is 39.5 Å². The number of aryl methyl sites for hydroxylation is 1. The van der Waals surface area contributed by atoms with Crippen LogP contribution in [0.25, 0.3) is 0 Å². The van der Waals surface area contributed by atoms with Crippen LogP contribution in [0.5, 0.6) is 0 Å². The second kappa shape index (κ2) is 8.89. The molecule has 0 bridgehead atoms. The average Bonchev–Trinajstić information content (AvgIpc) is 3.36. The van der Waals surface area contributed by atoms with Gasteiger partial charge in [0.2, 0.25) is 5.91 Å². The lowest BCUT2D eigenvalue weighted by Crippen LogP contribution is -2.16. The average molecular weight is 437 g/mol. The van der Waals surface area contributed by atoms with Gasteiger partial charge in [0.05, 0.1) is 18.4 Å². The number of carbonyl (C=O) groups excluding carboxylic acids is 2. The quantitative estimate of drug-likeness (QED) is 0.449. The lowest BCUT2D eigenvalue weighted by Gasteiger charge is -2.06. The number of thiophene rings is 2. The second-order valence-corrected chi connectivity index (χ2v) is 9.23. The highest BCUT2D eigenvalue weighted by molar-refractivity contribution is 7.99. The van der Waals surface area contributed by atoms with Crippen molar-refractivity contribution < 1.29 is 14.3 Å². The standard InChI is InChI=1S/C18H20N4O3S3/c1-10-11(2)28-16(15(10)17(24)25-4)19-14(23)9-27-18-21-20-13(22(18)3)8-12-6-5-7-26-12/h5-7H,8-9H2,1-4H3,(H,19,23). The van der Waals surface area contributed by atoms with Crippen LogP contribution in [0.15, 0.2) is 22.7 Å². The Labute approximate surface area is 175 Å². The number of hydrogen-bond acceptors (Lipinski definition) is 8. The molecule has 0 aliphatic heterocycles. The molecule has 0 saturated heterocycles. The number of nitrogens with one attached hydrogen (secondary N) is 1. The zero-order chi connectivity index (χ0) is 20.3. The molecule has 0 aliphatic rings. The molecule has 0 spiro atoms. The molecule has 1 N–H and O–H groups in total. The fourth-order valence-corrected chi connectivity index (χ4v) is 5.05. The topological polar surface area (TPSA) is 86.1 Å². The Morgan fingerprint density at radius 1 is 1.32 bits per heavy atom. The van der Waals surface area contributed by atoms with Crippen LogP contribution in [0.2, 0.25) is 0 Å². The first-order valence-electron chi connectivity index (χ1n) is 8.42. The molecule has 3 rings (SSSR count). The van der Waals surface area contributed by atoms with Crippen molar-refractivity contribution >= 4 is 51.3 Å². The summed E-state index contributed by atoms with van der Waals surface area (Å²) in [4.78, 5) is 26.6. The minimum Gasteiger partial charge on any atom is -0.465 e. The SMILES string of the molecule is COC(=O)c1c(NC(=O)CSc2nnc(Cc3cccs3)n2C)sc(C)c1C. The van der Waals surface area contributed by atoms with Crippen LogP contribution >= 0.6 is 34.4 Å². The maximum absolute atomic E-state index is 12.4. The molecule has 7 nitrogen and oxygen atoms in total. The molecule has 10 heteroatoms. The summed E-state index contributed by atoms with van der Waals surface area (Å²) in [5.41, 5.74) is 1.24. The number of aromatic nitrogens is 3. The van der Waals surface area contributed by atoms with Gasteiger partial charge in [-0.3, -0.25) is 4.79 Å². The van der Waals surface area contributed by atoms with E-state index in [0.29, 0.717) is 22.1 Å². The van der Waals surface area contributed by atoms with Crippen LogP contribution in [-0.2, 0) is 23.0 Å². The van der Waals surface area contributed by atoms with Gasteiger partial charge in [-0.15, -0.1) is 32.9 Å². The molecule has 0 aliphatic carbocycles. The number of esters is 1. The van der Waals surface area contributed by atoms with Crippen molar-refractivity contribution in [1.29, 1.82) is 0 Å². The summed E-state index contributed by atoms with van der Waals surface area (Å²) in [6.45, 7) is 3.75. The van der Waals surface area contributed by atoms with E-state index in [0.717, 1.165) is 16.3 Å². The largest absolute Gasteiger partial charge is 0.465 e. The van der Waals surface area contributed by atoms with Crippen molar-refractivity contribution in [3.8, 4) is 0 Å². The van der Waals surface area contributed by atoms with E-state index in [-0.39, 0.29) is 11.7 Å². The Morgan fingerprint density at radius 3 is 2.79 bits per heavy atom. The van der Waals surface area contributed by atoms with Gasteiger partial charge >= 0.3 is 5.97 Å². The summed E-state index contributed by atoms with van der Waals surface area (Å²) in [7, 11) is 3.22. The normalized spacial score (nSPS) is 10.9. The van der Waals surface area contributed by atoms with E-state index in [9.17, 15) is 9.59 Å². The lowest BCUT2D eigenvalue weighted by atomic mass is 10.1. The molecule has 0 saturated carbocycles. The lowest BCUT2D eigenvalue weighted by molar-refractivity contribution is -0.113. The summed E-state index contributed by atoms with van der Waals surface area (Å²) < 4.78 is 6.73. The first-order chi connectivity index (χ1) is 13.4. The smallest absolute Gasteiger partial charge is 0.341 e. The zero-order valence-corrected chi connectivity index (χ0v) is 18.4. The molecule has 0 fully saturated rings. The van der Waals surface area contributed by atoms with Gasteiger partial charge in [0.25, 0.3) is 0 Å². The molecule has 0 atom stereocenters. The Morgan fingerprint density at radius 2 is 2.11 bits per heavy atom. The van der Waals surface area contributed by atoms with Crippen molar-refractivity contribution in [2.75, 3.05) is 18.2 Å². The second-order valence-electron chi connectivity index (χ2n) is 6.03. The highest BCUT2D eigenvalue weighted by Gasteiger charge is 2.22. The fraction of sp³-hybridized carbons (Fsp3) is 0.333. The van der Waals surface area contributed by atoms with Gasteiger partial charge in [0.1, 0.15) is 10.8 Å². The Bertz CT molecular complexity index is 992. The molecule has 3 aromatic heterocycles. The van der Waals surface area contributed by atoms with Crippen LogP contribution < -0.4 is 5.32 Å². The maximum atomic E-state index is 12.4. The molecule has 0 aromatic carbocycles.